The SMILES string of the molecule is Cc1cnn(-c2ccc(CN3CCNCC3)cc2)n1. The molecule has 1 N–H and O–H groups in total. The van der Waals surface area contributed by atoms with Crippen LogP contribution in [0.15, 0.2) is 30.5 Å². The van der Waals surface area contributed by atoms with Gasteiger partial charge in [-0.25, -0.2) is 0 Å². The first kappa shape index (κ1) is 12.3. The van der Waals surface area contributed by atoms with Crippen LogP contribution in [0.4, 0.5) is 0 Å². The maximum absolute atomic E-state index is 4.31. The molecule has 1 aromatic heterocycles. The topological polar surface area (TPSA) is 46.0 Å². The fraction of sp³-hybridized carbons (Fsp3) is 0.429. The quantitative estimate of drug-likeness (QED) is 0.890. The van der Waals surface area contributed by atoms with Crippen LogP contribution in [-0.4, -0.2) is 46.1 Å². The van der Waals surface area contributed by atoms with E-state index in [-0.39, 0.29) is 0 Å². The number of rotatable bonds is 3. The lowest BCUT2D eigenvalue weighted by Gasteiger charge is -2.27. The highest BCUT2D eigenvalue weighted by Gasteiger charge is 2.09. The first-order valence-corrected chi connectivity index (χ1v) is 6.72. The highest BCUT2D eigenvalue weighted by atomic mass is 15.5. The second-order valence-electron chi connectivity index (χ2n) is 4.97. The van der Waals surface area contributed by atoms with Gasteiger partial charge in [0.2, 0.25) is 0 Å². The van der Waals surface area contributed by atoms with E-state index >= 15 is 0 Å². The molecule has 3 rings (SSSR count). The van der Waals surface area contributed by atoms with Crippen LogP contribution in [-0.2, 0) is 6.54 Å². The summed E-state index contributed by atoms with van der Waals surface area (Å²) in [6, 6.07) is 8.49. The Labute approximate surface area is 113 Å². The predicted octanol–water partition coefficient (Wildman–Crippen LogP) is 0.981. The van der Waals surface area contributed by atoms with E-state index in [0.29, 0.717) is 0 Å². The molecule has 1 aliphatic rings. The fourth-order valence-electron chi connectivity index (χ4n) is 2.33. The molecule has 19 heavy (non-hydrogen) atoms. The summed E-state index contributed by atoms with van der Waals surface area (Å²) in [5.74, 6) is 0. The molecule has 0 radical (unpaired) electrons. The summed E-state index contributed by atoms with van der Waals surface area (Å²) in [5.41, 5.74) is 3.29. The van der Waals surface area contributed by atoms with Crippen molar-refractivity contribution in [3.63, 3.8) is 0 Å². The van der Waals surface area contributed by atoms with Gasteiger partial charge < -0.3 is 5.32 Å². The number of nitrogens with one attached hydrogen (secondary N) is 1. The summed E-state index contributed by atoms with van der Waals surface area (Å²) in [4.78, 5) is 4.14. The second-order valence-corrected chi connectivity index (χ2v) is 4.97. The Hall–Kier alpha value is -1.72. The van der Waals surface area contributed by atoms with Crippen LogP contribution in [0.3, 0.4) is 0 Å². The van der Waals surface area contributed by atoms with Gasteiger partial charge in [-0.15, -0.1) is 0 Å². The summed E-state index contributed by atoms with van der Waals surface area (Å²) in [7, 11) is 0. The third-order valence-electron chi connectivity index (χ3n) is 3.39. The van der Waals surface area contributed by atoms with Crippen molar-refractivity contribution in [2.45, 2.75) is 13.5 Å². The maximum atomic E-state index is 4.31. The average molecular weight is 257 g/mol. The summed E-state index contributed by atoms with van der Waals surface area (Å²) in [6.45, 7) is 7.40. The standard InChI is InChI=1S/C14H19N5/c1-12-10-16-19(17-12)14-4-2-13(3-5-14)11-18-8-6-15-7-9-18/h2-5,10,15H,6-9,11H2,1H3. The maximum Gasteiger partial charge on any atom is 0.0856 e. The number of aromatic nitrogens is 3. The summed E-state index contributed by atoms with van der Waals surface area (Å²) in [6.07, 6.45) is 1.77. The first-order valence-electron chi connectivity index (χ1n) is 6.72. The molecule has 1 fully saturated rings. The van der Waals surface area contributed by atoms with E-state index in [1.165, 1.54) is 5.56 Å². The molecule has 5 nitrogen and oxygen atoms in total. The molecule has 0 unspecified atom stereocenters. The number of piperazine rings is 1. The highest BCUT2D eigenvalue weighted by Crippen LogP contribution is 2.10. The third kappa shape index (κ3) is 3.00. The van der Waals surface area contributed by atoms with E-state index in [2.05, 4.69) is 44.7 Å². The minimum Gasteiger partial charge on any atom is -0.314 e. The summed E-state index contributed by atoms with van der Waals surface area (Å²) < 4.78 is 0. The van der Waals surface area contributed by atoms with Gasteiger partial charge in [-0.05, 0) is 24.6 Å². The van der Waals surface area contributed by atoms with Crippen molar-refractivity contribution in [2.24, 2.45) is 0 Å². The van der Waals surface area contributed by atoms with Gasteiger partial charge in [-0.2, -0.15) is 15.0 Å². The molecule has 0 spiro atoms. The molecule has 1 aliphatic heterocycles. The molecular weight excluding hydrogens is 238 g/mol. The molecule has 0 atom stereocenters. The van der Waals surface area contributed by atoms with Crippen LogP contribution in [0.25, 0.3) is 5.69 Å². The predicted molar refractivity (Wildman–Crippen MR) is 74.2 cm³/mol. The number of hydrogen-bond acceptors (Lipinski definition) is 4. The van der Waals surface area contributed by atoms with Crippen LogP contribution in [0.2, 0.25) is 0 Å². The fourth-order valence-corrected chi connectivity index (χ4v) is 2.33. The van der Waals surface area contributed by atoms with E-state index in [9.17, 15) is 0 Å². The minimum absolute atomic E-state index is 0.935. The average Bonchev–Trinajstić information content (AvgIpc) is 2.87. The molecule has 0 amide bonds. The Morgan fingerprint density at radius 3 is 2.53 bits per heavy atom. The Morgan fingerprint density at radius 2 is 1.89 bits per heavy atom. The molecule has 2 aromatic rings. The molecule has 0 bridgehead atoms. The molecular formula is C14H19N5. The third-order valence-corrected chi connectivity index (χ3v) is 3.39. The van der Waals surface area contributed by atoms with Crippen molar-refractivity contribution in [1.82, 2.24) is 25.2 Å². The molecule has 2 heterocycles. The van der Waals surface area contributed by atoms with Crippen LogP contribution < -0.4 is 5.32 Å². The Balaban J connectivity index is 1.68. The number of benzene rings is 1. The van der Waals surface area contributed by atoms with Crippen molar-refractivity contribution in [3.8, 4) is 5.69 Å². The van der Waals surface area contributed by atoms with Gasteiger partial charge in [0.05, 0.1) is 17.6 Å². The zero-order valence-electron chi connectivity index (χ0n) is 11.2. The molecule has 0 saturated carbocycles. The van der Waals surface area contributed by atoms with Gasteiger partial charge >= 0.3 is 0 Å². The van der Waals surface area contributed by atoms with Gasteiger partial charge in [0.1, 0.15) is 0 Å². The van der Waals surface area contributed by atoms with Crippen molar-refractivity contribution < 1.29 is 0 Å². The van der Waals surface area contributed by atoms with Crippen molar-refractivity contribution in [1.29, 1.82) is 0 Å². The Bertz CT molecular complexity index is 525. The summed E-state index contributed by atoms with van der Waals surface area (Å²) >= 11 is 0. The van der Waals surface area contributed by atoms with Crippen LogP contribution in [0.5, 0.6) is 0 Å². The second kappa shape index (κ2) is 5.50. The Kier molecular flexibility index (Phi) is 3.57. The van der Waals surface area contributed by atoms with Crippen molar-refractivity contribution in [3.05, 3.63) is 41.7 Å². The van der Waals surface area contributed by atoms with Crippen molar-refractivity contribution in [2.75, 3.05) is 26.2 Å². The van der Waals surface area contributed by atoms with E-state index < -0.39 is 0 Å². The zero-order valence-corrected chi connectivity index (χ0v) is 11.2. The van der Waals surface area contributed by atoms with E-state index in [1.807, 2.05) is 6.92 Å². The van der Waals surface area contributed by atoms with Gasteiger partial charge in [-0.1, -0.05) is 12.1 Å². The van der Waals surface area contributed by atoms with Gasteiger partial charge in [0, 0.05) is 32.7 Å². The smallest absolute Gasteiger partial charge is 0.0856 e. The van der Waals surface area contributed by atoms with E-state index in [0.717, 1.165) is 44.1 Å². The van der Waals surface area contributed by atoms with E-state index in [1.54, 1.807) is 11.0 Å². The molecule has 5 heteroatoms. The first-order chi connectivity index (χ1) is 9.31. The van der Waals surface area contributed by atoms with Crippen molar-refractivity contribution >= 4 is 0 Å². The highest BCUT2D eigenvalue weighted by molar-refractivity contribution is 5.32. The number of aryl methyl sites for hydroxylation is 1. The van der Waals surface area contributed by atoms with Gasteiger partial charge in [0.15, 0.2) is 0 Å². The lowest BCUT2D eigenvalue weighted by Crippen LogP contribution is -2.42. The van der Waals surface area contributed by atoms with Crippen LogP contribution in [0, 0.1) is 6.92 Å². The minimum atomic E-state index is 0.935. The number of nitrogens with zero attached hydrogens (tertiary/aromatic N) is 4. The Morgan fingerprint density at radius 1 is 1.16 bits per heavy atom. The monoisotopic (exact) mass is 257 g/mol. The zero-order chi connectivity index (χ0) is 13.1. The lowest BCUT2D eigenvalue weighted by molar-refractivity contribution is 0.233. The molecule has 100 valence electrons. The lowest BCUT2D eigenvalue weighted by atomic mass is 10.2. The van der Waals surface area contributed by atoms with Crippen LogP contribution >= 0.6 is 0 Å². The van der Waals surface area contributed by atoms with Gasteiger partial charge in [0.25, 0.3) is 0 Å². The molecule has 1 aromatic carbocycles. The normalized spacial score (nSPS) is 16.7. The largest absolute Gasteiger partial charge is 0.314 e. The number of hydrogen-bond donors (Lipinski definition) is 1. The van der Waals surface area contributed by atoms with E-state index in [4.69, 9.17) is 0 Å². The summed E-state index contributed by atoms with van der Waals surface area (Å²) in [5, 5.41) is 11.9. The molecule has 1 saturated heterocycles. The van der Waals surface area contributed by atoms with Gasteiger partial charge in [-0.3, -0.25) is 4.90 Å². The van der Waals surface area contributed by atoms with Crippen LogP contribution in [0.1, 0.15) is 11.3 Å². The molecule has 0 aliphatic carbocycles.